The van der Waals surface area contributed by atoms with Gasteiger partial charge < -0.3 is 14.6 Å². The van der Waals surface area contributed by atoms with E-state index in [4.69, 9.17) is 14.6 Å². The number of hydrogen-bond acceptors (Lipinski definition) is 3. The zero-order valence-electron chi connectivity index (χ0n) is 10.5. The number of unbranched alkanes of at least 4 members (excludes halogenated alkanes) is 4. The molecule has 0 radical (unpaired) electrons. The maximum absolute atomic E-state index is 8.69. The Morgan fingerprint density at radius 1 is 1.06 bits per heavy atom. The van der Waals surface area contributed by atoms with Gasteiger partial charge in [0.2, 0.25) is 0 Å². The summed E-state index contributed by atoms with van der Waals surface area (Å²) in [6, 6.07) is 0. The first-order valence-electron chi connectivity index (χ1n) is 6.74. The molecule has 0 unspecified atom stereocenters. The first-order chi connectivity index (χ1) is 7.86. The van der Waals surface area contributed by atoms with Gasteiger partial charge >= 0.3 is 0 Å². The molecule has 3 heteroatoms. The van der Waals surface area contributed by atoms with Crippen LogP contribution in [0.4, 0.5) is 0 Å². The minimum absolute atomic E-state index is 0.0379. The SMILES string of the molecule is CCCCCC[C@H]1OC[C@H](CCCCO)O1. The van der Waals surface area contributed by atoms with Crippen LogP contribution in [0.15, 0.2) is 0 Å². The first-order valence-corrected chi connectivity index (χ1v) is 6.74. The molecule has 0 aromatic carbocycles. The molecule has 0 aromatic heterocycles. The monoisotopic (exact) mass is 230 g/mol. The highest BCUT2D eigenvalue weighted by atomic mass is 16.7. The number of ether oxygens (including phenoxy) is 2. The molecule has 1 rings (SSSR count). The highest BCUT2D eigenvalue weighted by molar-refractivity contribution is 4.65. The lowest BCUT2D eigenvalue weighted by Gasteiger charge is -2.10. The topological polar surface area (TPSA) is 38.7 Å². The second-order valence-electron chi connectivity index (χ2n) is 4.59. The van der Waals surface area contributed by atoms with Crippen molar-refractivity contribution in [2.75, 3.05) is 13.2 Å². The van der Waals surface area contributed by atoms with Crippen molar-refractivity contribution in [3.8, 4) is 0 Å². The van der Waals surface area contributed by atoms with E-state index in [0.29, 0.717) is 0 Å². The van der Waals surface area contributed by atoms with Gasteiger partial charge in [0.15, 0.2) is 6.29 Å². The van der Waals surface area contributed by atoms with Crippen molar-refractivity contribution in [3.05, 3.63) is 0 Å². The van der Waals surface area contributed by atoms with E-state index in [1.54, 1.807) is 0 Å². The summed E-state index contributed by atoms with van der Waals surface area (Å²) >= 11 is 0. The molecule has 1 heterocycles. The summed E-state index contributed by atoms with van der Waals surface area (Å²) in [4.78, 5) is 0. The van der Waals surface area contributed by atoms with E-state index < -0.39 is 0 Å². The summed E-state index contributed by atoms with van der Waals surface area (Å²) in [5.41, 5.74) is 0. The highest BCUT2D eigenvalue weighted by Crippen LogP contribution is 2.20. The largest absolute Gasteiger partial charge is 0.396 e. The first kappa shape index (κ1) is 13.9. The summed E-state index contributed by atoms with van der Waals surface area (Å²) in [6.07, 6.45) is 9.36. The Hall–Kier alpha value is -0.120. The minimum Gasteiger partial charge on any atom is -0.396 e. The van der Waals surface area contributed by atoms with Crippen LogP contribution in [0.1, 0.15) is 58.3 Å². The average Bonchev–Trinajstić information content (AvgIpc) is 2.73. The molecule has 0 amide bonds. The molecule has 0 saturated carbocycles. The van der Waals surface area contributed by atoms with E-state index in [1.165, 1.54) is 25.7 Å². The molecule has 0 bridgehead atoms. The van der Waals surface area contributed by atoms with Gasteiger partial charge in [0.05, 0.1) is 12.7 Å². The third-order valence-electron chi connectivity index (χ3n) is 3.04. The van der Waals surface area contributed by atoms with Gasteiger partial charge in [-0.1, -0.05) is 26.2 Å². The normalized spacial score (nSPS) is 25.1. The van der Waals surface area contributed by atoms with Crippen molar-refractivity contribution in [2.24, 2.45) is 0 Å². The van der Waals surface area contributed by atoms with Crippen LogP contribution in [-0.4, -0.2) is 30.7 Å². The summed E-state index contributed by atoms with van der Waals surface area (Å²) in [6.45, 7) is 3.25. The van der Waals surface area contributed by atoms with Crippen LogP contribution in [0.3, 0.4) is 0 Å². The molecule has 1 fully saturated rings. The molecule has 2 atom stereocenters. The Bertz CT molecular complexity index is 161. The molecule has 0 aromatic rings. The van der Waals surface area contributed by atoms with E-state index in [0.717, 1.165) is 32.3 Å². The van der Waals surface area contributed by atoms with Gasteiger partial charge in [0.25, 0.3) is 0 Å². The maximum Gasteiger partial charge on any atom is 0.158 e. The quantitative estimate of drug-likeness (QED) is 0.619. The molecule has 3 nitrogen and oxygen atoms in total. The summed E-state index contributed by atoms with van der Waals surface area (Å²) in [5.74, 6) is 0. The number of aliphatic hydroxyl groups is 1. The Balaban J connectivity index is 1.97. The minimum atomic E-state index is 0.0379. The number of rotatable bonds is 9. The van der Waals surface area contributed by atoms with E-state index >= 15 is 0 Å². The van der Waals surface area contributed by atoms with E-state index in [9.17, 15) is 0 Å². The lowest BCUT2D eigenvalue weighted by Crippen LogP contribution is -2.12. The average molecular weight is 230 g/mol. The van der Waals surface area contributed by atoms with Gasteiger partial charge in [-0.2, -0.15) is 0 Å². The Morgan fingerprint density at radius 2 is 1.88 bits per heavy atom. The smallest absolute Gasteiger partial charge is 0.158 e. The van der Waals surface area contributed by atoms with Gasteiger partial charge in [-0.3, -0.25) is 0 Å². The highest BCUT2D eigenvalue weighted by Gasteiger charge is 2.24. The van der Waals surface area contributed by atoms with Crippen molar-refractivity contribution in [2.45, 2.75) is 70.7 Å². The van der Waals surface area contributed by atoms with E-state index in [-0.39, 0.29) is 19.0 Å². The Morgan fingerprint density at radius 3 is 2.62 bits per heavy atom. The molecule has 96 valence electrons. The lowest BCUT2D eigenvalue weighted by molar-refractivity contribution is -0.0644. The molecule has 16 heavy (non-hydrogen) atoms. The fraction of sp³-hybridized carbons (Fsp3) is 1.00. The third-order valence-corrected chi connectivity index (χ3v) is 3.04. The van der Waals surface area contributed by atoms with E-state index in [2.05, 4.69) is 6.92 Å². The number of hydrogen-bond donors (Lipinski definition) is 1. The maximum atomic E-state index is 8.69. The van der Waals surface area contributed by atoms with Crippen molar-refractivity contribution in [1.29, 1.82) is 0 Å². The predicted octanol–water partition coefficient (Wildman–Crippen LogP) is 2.86. The molecule has 0 spiro atoms. The van der Waals surface area contributed by atoms with Crippen LogP contribution in [0.25, 0.3) is 0 Å². The lowest BCUT2D eigenvalue weighted by atomic mass is 10.1. The summed E-state index contributed by atoms with van der Waals surface area (Å²) < 4.78 is 11.4. The molecule has 1 saturated heterocycles. The molecule has 0 aliphatic carbocycles. The van der Waals surface area contributed by atoms with Crippen LogP contribution in [-0.2, 0) is 9.47 Å². The number of aliphatic hydroxyl groups excluding tert-OH is 1. The fourth-order valence-electron chi connectivity index (χ4n) is 2.03. The van der Waals surface area contributed by atoms with Crippen LogP contribution in [0, 0.1) is 0 Å². The van der Waals surface area contributed by atoms with Crippen LogP contribution in [0.5, 0.6) is 0 Å². The zero-order valence-corrected chi connectivity index (χ0v) is 10.5. The standard InChI is InChI=1S/C13H26O3/c1-2-3-4-5-9-13-15-11-12(16-13)8-6-7-10-14/h12-14H,2-11H2,1H3/t12-,13-/m0/s1. The van der Waals surface area contributed by atoms with Gasteiger partial charge in [0.1, 0.15) is 0 Å². The van der Waals surface area contributed by atoms with Crippen molar-refractivity contribution >= 4 is 0 Å². The van der Waals surface area contributed by atoms with Crippen molar-refractivity contribution < 1.29 is 14.6 Å². The van der Waals surface area contributed by atoms with Gasteiger partial charge in [-0.25, -0.2) is 0 Å². The third kappa shape index (κ3) is 5.83. The van der Waals surface area contributed by atoms with Crippen LogP contribution in [0.2, 0.25) is 0 Å². The molecule has 1 aliphatic heterocycles. The Labute approximate surface area is 99.1 Å². The van der Waals surface area contributed by atoms with Crippen molar-refractivity contribution in [1.82, 2.24) is 0 Å². The predicted molar refractivity (Wildman–Crippen MR) is 64.3 cm³/mol. The van der Waals surface area contributed by atoms with Crippen LogP contribution >= 0.6 is 0 Å². The molecular weight excluding hydrogens is 204 g/mol. The van der Waals surface area contributed by atoms with Gasteiger partial charge in [-0.15, -0.1) is 0 Å². The van der Waals surface area contributed by atoms with Gasteiger partial charge in [0, 0.05) is 6.61 Å². The zero-order chi connectivity index (χ0) is 11.6. The van der Waals surface area contributed by atoms with Gasteiger partial charge in [-0.05, 0) is 32.1 Å². The summed E-state index contributed by atoms with van der Waals surface area (Å²) in [7, 11) is 0. The van der Waals surface area contributed by atoms with E-state index in [1.807, 2.05) is 0 Å². The molecule has 1 N–H and O–H groups in total. The second-order valence-corrected chi connectivity index (χ2v) is 4.59. The summed E-state index contributed by atoms with van der Waals surface area (Å²) in [5, 5.41) is 8.69. The fourth-order valence-corrected chi connectivity index (χ4v) is 2.03. The second kappa shape index (κ2) is 8.97. The molecular formula is C13H26O3. The van der Waals surface area contributed by atoms with Crippen LogP contribution < -0.4 is 0 Å². The Kier molecular flexibility index (Phi) is 7.81. The van der Waals surface area contributed by atoms with Crippen molar-refractivity contribution in [3.63, 3.8) is 0 Å². The molecule has 1 aliphatic rings.